The van der Waals surface area contributed by atoms with E-state index in [0.29, 0.717) is 19.8 Å². The van der Waals surface area contributed by atoms with Gasteiger partial charge in [0.15, 0.2) is 5.78 Å². The number of rotatable bonds is 6. The van der Waals surface area contributed by atoms with E-state index in [0.717, 1.165) is 27.9 Å². The Labute approximate surface area is 171 Å². The maximum atomic E-state index is 13.4. The van der Waals surface area contributed by atoms with Crippen molar-refractivity contribution in [3.8, 4) is 0 Å². The zero-order valence-corrected chi connectivity index (χ0v) is 16.4. The molecule has 0 unspecified atom stereocenters. The molecular weight excluding hydrogens is 391 g/mol. The van der Waals surface area contributed by atoms with Gasteiger partial charge in [-0.25, -0.2) is 0 Å². The van der Waals surface area contributed by atoms with Crippen molar-refractivity contribution in [1.29, 1.82) is 0 Å². The third kappa shape index (κ3) is 3.59. The molecule has 0 aliphatic heterocycles. The summed E-state index contributed by atoms with van der Waals surface area (Å²) in [5.74, 6) is -0.643. The molecule has 0 aliphatic rings. The average molecular weight is 411 g/mol. The molecule has 154 valence electrons. The number of para-hydroxylation sites is 1. The summed E-state index contributed by atoms with van der Waals surface area (Å²) in [6.45, 7) is 3.74. The third-order valence-electron chi connectivity index (χ3n) is 5.18. The highest BCUT2D eigenvalue weighted by atomic mass is 19.4. The Bertz CT molecular complexity index is 1220. The number of hydrogen-bond acceptors (Lipinski definition) is 2. The van der Waals surface area contributed by atoms with Crippen molar-refractivity contribution in [3.63, 3.8) is 0 Å². The molecule has 3 nitrogen and oxygen atoms in total. The highest BCUT2D eigenvalue weighted by Gasteiger charge is 2.35. The van der Waals surface area contributed by atoms with Crippen molar-refractivity contribution >= 4 is 27.6 Å². The lowest BCUT2D eigenvalue weighted by Crippen LogP contribution is -2.13. The number of nitrogens with zero attached hydrogens (tertiary/aromatic N) is 1. The summed E-state index contributed by atoms with van der Waals surface area (Å²) in [6, 6.07) is 17.7. The normalized spacial score (nSPS) is 12.0. The average Bonchev–Trinajstić information content (AvgIpc) is 3.06. The molecule has 0 spiro atoms. The van der Waals surface area contributed by atoms with Gasteiger partial charge in [0.25, 0.3) is 0 Å². The van der Waals surface area contributed by atoms with Gasteiger partial charge in [-0.15, -0.1) is 0 Å². The van der Waals surface area contributed by atoms with Crippen LogP contribution in [0.2, 0.25) is 0 Å². The number of aromatic nitrogens is 1. The van der Waals surface area contributed by atoms with E-state index in [9.17, 15) is 18.0 Å². The highest BCUT2D eigenvalue weighted by molar-refractivity contribution is 6.15. The number of carbonyl (C=O) groups excluding carboxylic acids is 1. The van der Waals surface area contributed by atoms with Gasteiger partial charge in [0, 0.05) is 46.1 Å². The van der Waals surface area contributed by atoms with Crippen molar-refractivity contribution in [2.45, 2.75) is 19.6 Å². The van der Waals surface area contributed by atoms with E-state index in [-0.39, 0.29) is 11.1 Å². The molecule has 6 heteroatoms. The first-order valence-electron chi connectivity index (χ1n) is 9.71. The lowest BCUT2D eigenvalue weighted by atomic mass is 9.97. The minimum Gasteiger partial charge on any atom is -0.380 e. The van der Waals surface area contributed by atoms with E-state index in [1.54, 1.807) is 18.2 Å². The highest BCUT2D eigenvalue weighted by Crippen LogP contribution is 2.34. The molecule has 4 aromatic rings. The Hall–Kier alpha value is -3.12. The summed E-state index contributed by atoms with van der Waals surface area (Å²) in [5.41, 5.74) is 0.870. The van der Waals surface area contributed by atoms with E-state index in [1.807, 2.05) is 31.2 Å². The van der Waals surface area contributed by atoms with Crippen LogP contribution in [0.3, 0.4) is 0 Å². The standard InChI is InChI=1S/C24H20F3NO2/c1-2-30-14-13-28-21-10-6-4-7-17(21)19-15-16(11-12-22(19)28)23(29)18-8-3-5-9-20(18)24(25,26)27/h3-12,15H,2,13-14H2,1H3. The summed E-state index contributed by atoms with van der Waals surface area (Å²) in [7, 11) is 0. The molecule has 0 amide bonds. The van der Waals surface area contributed by atoms with Crippen LogP contribution in [0, 0.1) is 0 Å². The second-order valence-corrected chi connectivity index (χ2v) is 6.97. The van der Waals surface area contributed by atoms with E-state index in [1.165, 1.54) is 18.2 Å². The van der Waals surface area contributed by atoms with Crippen LogP contribution >= 0.6 is 0 Å². The number of ether oxygens (including phenoxy) is 1. The van der Waals surface area contributed by atoms with E-state index < -0.39 is 17.5 Å². The van der Waals surface area contributed by atoms with Crippen LogP contribution in [0.4, 0.5) is 13.2 Å². The second-order valence-electron chi connectivity index (χ2n) is 6.97. The molecule has 30 heavy (non-hydrogen) atoms. The van der Waals surface area contributed by atoms with E-state index in [2.05, 4.69) is 4.57 Å². The largest absolute Gasteiger partial charge is 0.417 e. The molecule has 0 N–H and O–H groups in total. The predicted octanol–water partition coefficient (Wildman–Crippen LogP) is 6.08. The summed E-state index contributed by atoms with van der Waals surface area (Å²) in [6.07, 6.45) is -4.59. The number of ketones is 1. The topological polar surface area (TPSA) is 31.2 Å². The van der Waals surface area contributed by atoms with Crippen LogP contribution in [0.25, 0.3) is 21.8 Å². The smallest absolute Gasteiger partial charge is 0.380 e. The van der Waals surface area contributed by atoms with Gasteiger partial charge in [-0.2, -0.15) is 13.2 Å². The fourth-order valence-corrected chi connectivity index (χ4v) is 3.82. The van der Waals surface area contributed by atoms with Crippen LogP contribution in [0.5, 0.6) is 0 Å². The predicted molar refractivity (Wildman–Crippen MR) is 111 cm³/mol. The van der Waals surface area contributed by atoms with Gasteiger partial charge in [-0.3, -0.25) is 4.79 Å². The lowest BCUT2D eigenvalue weighted by molar-refractivity contribution is -0.137. The van der Waals surface area contributed by atoms with Crippen LogP contribution in [-0.2, 0) is 17.5 Å². The monoisotopic (exact) mass is 411 g/mol. The molecule has 0 bridgehead atoms. The van der Waals surface area contributed by atoms with Crippen molar-refractivity contribution in [1.82, 2.24) is 4.57 Å². The maximum Gasteiger partial charge on any atom is 0.417 e. The molecule has 0 radical (unpaired) electrons. The summed E-state index contributed by atoms with van der Waals surface area (Å²) in [5, 5.41) is 1.78. The second kappa shape index (κ2) is 7.95. The van der Waals surface area contributed by atoms with Crippen molar-refractivity contribution < 1.29 is 22.7 Å². The zero-order valence-electron chi connectivity index (χ0n) is 16.4. The fourth-order valence-electron chi connectivity index (χ4n) is 3.82. The Morgan fingerprint density at radius 3 is 2.40 bits per heavy atom. The van der Waals surface area contributed by atoms with Gasteiger partial charge in [0.2, 0.25) is 0 Å². The summed E-state index contributed by atoms with van der Waals surface area (Å²) < 4.78 is 47.7. The van der Waals surface area contributed by atoms with Crippen LogP contribution < -0.4 is 0 Å². The molecular formula is C24H20F3NO2. The molecule has 0 aliphatic carbocycles. The van der Waals surface area contributed by atoms with Gasteiger partial charge in [-0.05, 0) is 37.3 Å². The summed E-state index contributed by atoms with van der Waals surface area (Å²) in [4.78, 5) is 13.0. The SMILES string of the molecule is CCOCCn1c2ccccc2c2cc(C(=O)c3ccccc3C(F)(F)F)ccc21. The number of alkyl halides is 3. The quantitative estimate of drug-likeness (QED) is 0.284. The van der Waals surface area contributed by atoms with Crippen molar-refractivity contribution in [2.75, 3.05) is 13.2 Å². The minimum atomic E-state index is -4.59. The molecule has 0 atom stereocenters. The molecule has 4 rings (SSSR count). The van der Waals surface area contributed by atoms with Crippen molar-refractivity contribution in [2.24, 2.45) is 0 Å². The number of halogens is 3. The van der Waals surface area contributed by atoms with Gasteiger partial charge in [0.05, 0.1) is 12.2 Å². The maximum absolute atomic E-state index is 13.4. The van der Waals surface area contributed by atoms with E-state index in [4.69, 9.17) is 4.74 Å². The molecule has 0 saturated carbocycles. The van der Waals surface area contributed by atoms with Gasteiger partial charge in [0.1, 0.15) is 0 Å². The zero-order chi connectivity index (χ0) is 21.3. The molecule has 1 aromatic heterocycles. The first kappa shape index (κ1) is 20.2. The number of benzene rings is 3. The van der Waals surface area contributed by atoms with Crippen LogP contribution in [-0.4, -0.2) is 23.6 Å². The van der Waals surface area contributed by atoms with Crippen molar-refractivity contribution in [3.05, 3.63) is 83.4 Å². The number of hydrogen-bond donors (Lipinski definition) is 0. The molecule has 0 fully saturated rings. The Balaban J connectivity index is 1.83. The first-order valence-corrected chi connectivity index (χ1v) is 9.71. The van der Waals surface area contributed by atoms with Crippen LogP contribution in [0.15, 0.2) is 66.7 Å². The Morgan fingerprint density at radius 1 is 0.933 bits per heavy atom. The minimum absolute atomic E-state index is 0.229. The Kier molecular flexibility index (Phi) is 5.35. The molecule has 0 saturated heterocycles. The van der Waals surface area contributed by atoms with Gasteiger partial charge in [-0.1, -0.05) is 36.4 Å². The number of carbonyl (C=O) groups is 1. The molecule has 3 aromatic carbocycles. The fraction of sp³-hybridized carbons (Fsp3) is 0.208. The number of fused-ring (bicyclic) bond motifs is 3. The summed E-state index contributed by atoms with van der Waals surface area (Å²) >= 11 is 0. The Morgan fingerprint density at radius 2 is 1.63 bits per heavy atom. The lowest BCUT2D eigenvalue weighted by Gasteiger charge is -2.12. The molecule has 1 heterocycles. The first-order chi connectivity index (χ1) is 14.4. The van der Waals surface area contributed by atoms with Crippen LogP contribution in [0.1, 0.15) is 28.4 Å². The third-order valence-corrected chi connectivity index (χ3v) is 5.18. The van der Waals surface area contributed by atoms with E-state index >= 15 is 0 Å². The van der Waals surface area contributed by atoms with Gasteiger partial charge < -0.3 is 9.30 Å². The van der Waals surface area contributed by atoms with Gasteiger partial charge >= 0.3 is 6.18 Å².